The predicted octanol–water partition coefficient (Wildman–Crippen LogP) is 16.9. The van der Waals surface area contributed by atoms with Crippen LogP contribution in [0.2, 0.25) is 0 Å². The van der Waals surface area contributed by atoms with E-state index in [1.54, 1.807) is 0 Å². The van der Waals surface area contributed by atoms with Crippen molar-refractivity contribution in [2.45, 2.75) is 285 Å². The molecule has 0 aliphatic rings. The molecule has 0 rings (SSSR count). The lowest BCUT2D eigenvalue weighted by atomic mass is 10.1. The fourth-order valence-electron chi connectivity index (χ4n) is 9.47. The molecular formula is C59H123N5. The Labute approximate surface area is 406 Å². The number of nitrogens with one attached hydrogen (secondary N) is 2. The fraction of sp³-hybridized carbons (Fsp3) is 0.966. The first-order valence-corrected chi connectivity index (χ1v) is 29.9. The standard InChI is InChI=1S/C59H123N5/c1-6-11-15-19-23-27-31-35-39-43-47-60-48-55-62(51-10-5)56-49-61-50-57-64(54-46-42-38-34-30-26-22-18-14-9-4)59-58-63(52-44-40-36-32-28-24-20-16-12-7-2)53-45-41-37-33-29-25-21-17-13-8-3/h23,27,60-61H,6-22,24-26,28-59H2,1-5H3/b27-23-. The molecule has 0 aliphatic carbocycles. The van der Waals surface area contributed by atoms with E-state index in [2.05, 4.69) is 72.1 Å². The minimum absolute atomic E-state index is 1.11. The van der Waals surface area contributed by atoms with Crippen molar-refractivity contribution in [3.8, 4) is 0 Å². The van der Waals surface area contributed by atoms with Gasteiger partial charge in [0.2, 0.25) is 0 Å². The van der Waals surface area contributed by atoms with Gasteiger partial charge in [0.15, 0.2) is 0 Å². The van der Waals surface area contributed by atoms with Crippen LogP contribution in [0.25, 0.3) is 0 Å². The second kappa shape index (κ2) is 56.9. The zero-order valence-corrected chi connectivity index (χ0v) is 45.3. The number of hydrogen-bond donors (Lipinski definition) is 2. The number of unbranched alkanes of at least 4 members (excludes halogenated alkanes) is 33. The molecule has 5 nitrogen and oxygen atoms in total. The van der Waals surface area contributed by atoms with Crippen molar-refractivity contribution in [3.63, 3.8) is 0 Å². The summed E-state index contributed by atoms with van der Waals surface area (Å²) < 4.78 is 0. The third-order valence-electron chi connectivity index (χ3n) is 13.9. The van der Waals surface area contributed by atoms with E-state index in [-0.39, 0.29) is 0 Å². The first-order valence-electron chi connectivity index (χ1n) is 29.9. The van der Waals surface area contributed by atoms with E-state index in [0.29, 0.717) is 0 Å². The topological polar surface area (TPSA) is 33.8 Å². The smallest absolute Gasteiger partial charge is 0.0110 e. The molecule has 384 valence electrons. The largest absolute Gasteiger partial charge is 0.315 e. The SMILES string of the molecule is CCCCC/C=C\CCCCCNCCN(CCC)CCNCCN(CCCCCCCCCCCC)CCN(CCCCCCCCCCCC)CCCCCCCCCCCC. The average molecular weight is 903 g/mol. The maximum Gasteiger partial charge on any atom is 0.0110 e. The van der Waals surface area contributed by atoms with Crippen molar-refractivity contribution in [3.05, 3.63) is 12.2 Å². The van der Waals surface area contributed by atoms with E-state index in [4.69, 9.17) is 0 Å². The normalized spacial score (nSPS) is 12.1. The molecule has 0 unspecified atom stereocenters. The van der Waals surface area contributed by atoms with Crippen LogP contribution in [-0.4, -0.2) is 99.8 Å². The molecule has 0 radical (unpaired) electrons. The summed E-state index contributed by atoms with van der Waals surface area (Å²) in [6, 6.07) is 0. The molecule has 2 N–H and O–H groups in total. The fourth-order valence-corrected chi connectivity index (χ4v) is 9.47. The van der Waals surface area contributed by atoms with Gasteiger partial charge >= 0.3 is 0 Å². The summed E-state index contributed by atoms with van der Waals surface area (Å²) in [6.45, 7) is 27.3. The van der Waals surface area contributed by atoms with Crippen molar-refractivity contribution in [2.24, 2.45) is 0 Å². The van der Waals surface area contributed by atoms with Gasteiger partial charge in [0.1, 0.15) is 0 Å². The second-order valence-electron chi connectivity index (χ2n) is 20.4. The zero-order chi connectivity index (χ0) is 46.3. The van der Waals surface area contributed by atoms with Crippen LogP contribution in [0.4, 0.5) is 0 Å². The van der Waals surface area contributed by atoms with E-state index in [0.717, 1.165) is 19.6 Å². The Morgan fingerprint density at radius 1 is 0.219 bits per heavy atom. The summed E-state index contributed by atoms with van der Waals surface area (Å²) >= 11 is 0. The lowest BCUT2D eigenvalue weighted by Crippen LogP contribution is -2.41. The molecule has 0 saturated heterocycles. The third-order valence-corrected chi connectivity index (χ3v) is 13.9. The van der Waals surface area contributed by atoms with E-state index >= 15 is 0 Å². The summed E-state index contributed by atoms with van der Waals surface area (Å²) in [5, 5.41) is 7.66. The molecule has 0 spiro atoms. The Bertz CT molecular complexity index is 825. The average Bonchev–Trinajstić information content (AvgIpc) is 3.30. The lowest BCUT2D eigenvalue weighted by molar-refractivity contribution is 0.194. The quantitative estimate of drug-likeness (QED) is 0.0470. The molecule has 0 amide bonds. The summed E-state index contributed by atoms with van der Waals surface area (Å²) in [5.74, 6) is 0. The molecule has 0 atom stereocenters. The van der Waals surface area contributed by atoms with Gasteiger partial charge in [-0.1, -0.05) is 239 Å². The minimum atomic E-state index is 1.11. The maximum atomic E-state index is 3.90. The Morgan fingerprint density at radius 3 is 0.844 bits per heavy atom. The first-order chi connectivity index (χ1) is 31.7. The lowest BCUT2D eigenvalue weighted by Gasteiger charge is -2.28. The highest BCUT2D eigenvalue weighted by atomic mass is 15.2. The molecule has 0 aromatic heterocycles. The highest BCUT2D eigenvalue weighted by molar-refractivity contribution is 4.81. The van der Waals surface area contributed by atoms with Crippen molar-refractivity contribution in [2.75, 3.05) is 85.1 Å². The summed E-state index contributed by atoms with van der Waals surface area (Å²) in [4.78, 5) is 8.42. The van der Waals surface area contributed by atoms with Crippen LogP contribution >= 0.6 is 0 Å². The Hall–Kier alpha value is -0.460. The Balaban J connectivity index is 4.88. The van der Waals surface area contributed by atoms with E-state index < -0.39 is 0 Å². The monoisotopic (exact) mass is 902 g/mol. The number of nitrogens with zero attached hydrogens (tertiary/aromatic N) is 3. The molecule has 0 aromatic carbocycles. The third kappa shape index (κ3) is 50.9. The van der Waals surface area contributed by atoms with E-state index in [9.17, 15) is 0 Å². The Kier molecular flexibility index (Phi) is 56.5. The van der Waals surface area contributed by atoms with Crippen molar-refractivity contribution >= 4 is 0 Å². The van der Waals surface area contributed by atoms with Gasteiger partial charge in [-0.05, 0) is 90.5 Å². The van der Waals surface area contributed by atoms with Crippen LogP contribution < -0.4 is 10.6 Å². The Morgan fingerprint density at radius 2 is 0.484 bits per heavy atom. The van der Waals surface area contributed by atoms with E-state index in [1.165, 1.54) is 316 Å². The van der Waals surface area contributed by atoms with Crippen LogP contribution in [0.15, 0.2) is 12.2 Å². The highest BCUT2D eigenvalue weighted by Gasteiger charge is 2.11. The second-order valence-corrected chi connectivity index (χ2v) is 20.4. The van der Waals surface area contributed by atoms with Crippen LogP contribution in [0.3, 0.4) is 0 Å². The summed E-state index contributed by atoms with van der Waals surface area (Å²) in [6.07, 6.45) is 59.6. The van der Waals surface area contributed by atoms with Gasteiger partial charge in [0.05, 0.1) is 0 Å². The molecule has 0 bridgehead atoms. The first kappa shape index (κ1) is 63.5. The van der Waals surface area contributed by atoms with Crippen LogP contribution in [0.1, 0.15) is 285 Å². The van der Waals surface area contributed by atoms with Crippen LogP contribution in [0, 0.1) is 0 Å². The van der Waals surface area contributed by atoms with Crippen LogP contribution in [0.5, 0.6) is 0 Å². The summed E-state index contributed by atoms with van der Waals surface area (Å²) in [5.41, 5.74) is 0. The van der Waals surface area contributed by atoms with Gasteiger partial charge in [-0.3, -0.25) is 0 Å². The van der Waals surface area contributed by atoms with Gasteiger partial charge < -0.3 is 25.3 Å². The molecule has 64 heavy (non-hydrogen) atoms. The number of hydrogen-bond acceptors (Lipinski definition) is 5. The van der Waals surface area contributed by atoms with Gasteiger partial charge in [0, 0.05) is 52.4 Å². The number of rotatable bonds is 57. The summed E-state index contributed by atoms with van der Waals surface area (Å²) in [7, 11) is 0. The molecule has 0 fully saturated rings. The van der Waals surface area contributed by atoms with Gasteiger partial charge in [0.25, 0.3) is 0 Å². The van der Waals surface area contributed by atoms with Gasteiger partial charge in [-0.15, -0.1) is 0 Å². The zero-order valence-electron chi connectivity index (χ0n) is 45.3. The molecule has 5 heteroatoms. The van der Waals surface area contributed by atoms with E-state index in [1.807, 2.05) is 0 Å². The molecule has 0 aromatic rings. The maximum absolute atomic E-state index is 3.90. The molecular weight excluding hydrogens is 779 g/mol. The van der Waals surface area contributed by atoms with Crippen LogP contribution in [-0.2, 0) is 0 Å². The predicted molar refractivity (Wildman–Crippen MR) is 293 cm³/mol. The highest BCUT2D eigenvalue weighted by Crippen LogP contribution is 2.15. The van der Waals surface area contributed by atoms with Crippen molar-refractivity contribution in [1.29, 1.82) is 0 Å². The molecule has 0 aliphatic heterocycles. The van der Waals surface area contributed by atoms with Crippen molar-refractivity contribution < 1.29 is 0 Å². The van der Waals surface area contributed by atoms with Crippen molar-refractivity contribution in [1.82, 2.24) is 25.3 Å². The van der Waals surface area contributed by atoms with Gasteiger partial charge in [-0.2, -0.15) is 0 Å². The number of allylic oxidation sites excluding steroid dienone is 2. The minimum Gasteiger partial charge on any atom is -0.315 e. The molecule has 0 saturated carbocycles. The van der Waals surface area contributed by atoms with Gasteiger partial charge in [-0.25, -0.2) is 0 Å². The molecule has 0 heterocycles.